The van der Waals surface area contributed by atoms with E-state index in [-0.39, 0.29) is 23.4 Å². The molecule has 186 valence electrons. The lowest BCUT2D eigenvalue weighted by Gasteiger charge is -2.17. The Morgan fingerprint density at radius 2 is 2.09 bits per heavy atom. The number of ether oxygens (including phenoxy) is 1. The number of anilines is 2. The summed E-state index contributed by atoms with van der Waals surface area (Å²) in [5.74, 6) is 0.720. The van der Waals surface area contributed by atoms with Crippen LogP contribution in [0.5, 0.6) is 5.75 Å². The third-order valence-corrected chi connectivity index (χ3v) is 6.13. The van der Waals surface area contributed by atoms with Crippen molar-refractivity contribution in [3.8, 4) is 5.75 Å². The number of rotatable bonds is 11. The molecule has 0 aliphatic heterocycles. The predicted octanol–water partition coefficient (Wildman–Crippen LogP) is 3.59. The van der Waals surface area contributed by atoms with Crippen molar-refractivity contribution in [2.75, 3.05) is 31.3 Å². The summed E-state index contributed by atoms with van der Waals surface area (Å²) in [5, 5.41) is 9.47. The van der Waals surface area contributed by atoms with Crippen LogP contribution in [0.15, 0.2) is 24.5 Å². The van der Waals surface area contributed by atoms with Crippen LogP contribution >= 0.6 is 0 Å². The van der Waals surface area contributed by atoms with Crippen molar-refractivity contribution >= 4 is 34.0 Å². The molecule has 1 aromatic carbocycles. The summed E-state index contributed by atoms with van der Waals surface area (Å²) >= 11 is 0. The zero-order chi connectivity index (χ0) is 25.1. The molecule has 0 bridgehead atoms. The molecule has 1 atom stereocenters. The molecule has 1 unspecified atom stereocenters. The highest BCUT2D eigenvalue weighted by Crippen LogP contribution is 2.28. The van der Waals surface area contributed by atoms with Gasteiger partial charge in [0.25, 0.3) is 0 Å². The summed E-state index contributed by atoms with van der Waals surface area (Å²) in [5.41, 5.74) is 8.12. The first kappa shape index (κ1) is 24.4. The van der Waals surface area contributed by atoms with Crippen molar-refractivity contribution in [1.82, 2.24) is 29.4 Å². The highest BCUT2D eigenvalue weighted by Gasteiger charge is 2.18. The van der Waals surface area contributed by atoms with Gasteiger partial charge in [0, 0.05) is 50.1 Å². The van der Waals surface area contributed by atoms with E-state index in [0.717, 1.165) is 38.0 Å². The van der Waals surface area contributed by atoms with Crippen molar-refractivity contribution in [2.45, 2.75) is 52.0 Å². The largest absolute Gasteiger partial charge is 0.494 e. The summed E-state index contributed by atoms with van der Waals surface area (Å²) in [6.45, 7) is 5.25. The van der Waals surface area contributed by atoms with Crippen LogP contribution in [0.3, 0.4) is 0 Å². The quantitative estimate of drug-likeness (QED) is 0.345. The average Bonchev–Trinajstić information content (AvgIpc) is 3.47. The molecule has 0 aliphatic carbocycles. The Balaban J connectivity index is 1.40. The fraction of sp³-hybridized carbons (Fsp3) is 0.458. The van der Waals surface area contributed by atoms with Gasteiger partial charge >= 0.3 is 0 Å². The minimum absolute atomic E-state index is 0.0788. The maximum Gasteiger partial charge on any atom is 0.223 e. The molecule has 0 radical (unpaired) electrons. The Kier molecular flexibility index (Phi) is 7.13. The molecule has 0 aliphatic rings. The van der Waals surface area contributed by atoms with E-state index in [9.17, 15) is 9.18 Å². The summed E-state index contributed by atoms with van der Waals surface area (Å²) in [7, 11) is 3.44. The number of aryl methyl sites for hydroxylation is 1. The third-order valence-electron chi connectivity index (χ3n) is 6.13. The van der Waals surface area contributed by atoms with Crippen molar-refractivity contribution in [3.63, 3.8) is 0 Å². The van der Waals surface area contributed by atoms with Crippen LogP contribution in [-0.4, -0.2) is 55.8 Å². The van der Waals surface area contributed by atoms with E-state index >= 15 is 0 Å². The molecule has 0 fully saturated rings. The van der Waals surface area contributed by atoms with Crippen LogP contribution < -0.4 is 15.4 Å². The number of hydrogen-bond acceptors (Lipinski definition) is 8. The normalized spacial score (nSPS) is 12.4. The average molecular weight is 483 g/mol. The van der Waals surface area contributed by atoms with Gasteiger partial charge in [-0.05, 0) is 32.3 Å². The molecule has 0 spiro atoms. The van der Waals surface area contributed by atoms with E-state index in [4.69, 9.17) is 10.5 Å². The van der Waals surface area contributed by atoms with E-state index in [1.807, 2.05) is 24.1 Å². The minimum atomic E-state index is -0.490. The highest BCUT2D eigenvalue weighted by molar-refractivity contribution is 5.93. The predicted molar refractivity (Wildman–Crippen MR) is 132 cm³/mol. The molecular formula is C24H31FN8O2. The van der Waals surface area contributed by atoms with Crippen LogP contribution in [0.4, 0.5) is 16.0 Å². The highest BCUT2D eigenvalue weighted by atomic mass is 19.1. The van der Waals surface area contributed by atoms with Crippen LogP contribution in [0.1, 0.15) is 51.3 Å². The second kappa shape index (κ2) is 10.2. The van der Waals surface area contributed by atoms with Crippen molar-refractivity contribution < 1.29 is 13.9 Å². The number of benzene rings is 1. The number of nitrogens with zero attached hydrogens (tertiary/aromatic N) is 7. The van der Waals surface area contributed by atoms with Gasteiger partial charge in [-0.15, -0.1) is 5.10 Å². The Bertz CT molecular complexity index is 1350. The summed E-state index contributed by atoms with van der Waals surface area (Å²) in [6, 6.07) is 2.87. The smallest absolute Gasteiger partial charge is 0.223 e. The Morgan fingerprint density at radius 1 is 1.29 bits per heavy atom. The van der Waals surface area contributed by atoms with E-state index in [1.165, 1.54) is 23.8 Å². The molecule has 11 heteroatoms. The minimum Gasteiger partial charge on any atom is -0.494 e. The zero-order valence-corrected chi connectivity index (χ0v) is 20.5. The number of carbonyl (C=O) groups is 1. The van der Waals surface area contributed by atoms with Gasteiger partial charge in [0.15, 0.2) is 23.0 Å². The van der Waals surface area contributed by atoms with E-state index in [1.54, 1.807) is 6.92 Å². The first-order valence-electron chi connectivity index (χ1n) is 11.7. The molecule has 3 aromatic heterocycles. The number of ketones is 1. The lowest BCUT2D eigenvalue weighted by molar-refractivity contribution is -0.117. The van der Waals surface area contributed by atoms with Crippen LogP contribution in [0, 0.1) is 5.82 Å². The molecule has 35 heavy (non-hydrogen) atoms. The van der Waals surface area contributed by atoms with Gasteiger partial charge < -0.3 is 20.2 Å². The van der Waals surface area contributed by atoms with Gasteiger partial charge in [0.1, 0.15) is 5.78 Å². The van der Waals surface area contributed by atoms with Gasteiger partial charge in [-0.3, -0.25) is 4.68 Å². The molecule has 4 rings (SSSR count). The van der Waals surface area contributed by atoms with Gasteiger partial charge in [-0.25, -0.2) is 14.4 Å². The number of nitrogen functional groups attached to an aromatic ring is 1. The Labute approximate surface area is 202 Å². The standard InChI is InChI=1S/C24H31FN8O2/c1-15(7-5-9-31(3)17-13-27-32(14-17)10-6-8-16(2)34)22-29-23-18-11-19(25)21(35-4)12-20(18)28-24(26)33(23)30-22/h11-15H,5-10H2,1-4H3,(H2,26,28). The summed E-state index contributed by atoms with van der Waals surface area (Å²) in [4.78, 5) is 22.3. The summed E-state index contributed by atoms with van der Waals surface area (Å²) in [6.07, 6.45) is 6.99. The molecular weight excluding hydrogens is 451 g/mol. The van der Waals surface area contributed by atoms with Gasteiger partial charge in [0.2, 0.25) is 5.95 Å². The molecule has 0 saturated carbocycles. The number of aromatic nitrogens is 6. The molecule has 2 N–H and O–H groups in total. The first-order valence-corrected chi connectivity index (χ1v) is 11.7. The number of carbonyl (C=O) groups excluding carboxylic acids is 1. The third kappa shape index (κ3) is 5.33. The SMILES string of the molecule is COc1cc2nc(N)n3nc(C(C)CCCN(C)c4cnn(CCCC(C)=O)c4)nc3c2cc1F. The second-order valence-corrected chi connectivity index (χ2v) is 8.91. The zero-order valence-electron chi connectivity index (χ0n) is 20.5. The topological polar surface area (TPSA) is 116 Å². The van der Waals surface area contributed by atoms with Crippen molar-refractivity contribution in [2.24, 2.45) is 0 Å². The van der Waals surface area contributed by atoms with Crippen molar-refractivity contribution in [3.05, 3.63) is 36.2 Å². The monoisotopic (exact) mass is 482 g/mol. The number of hydrogen-bond donors (Lipinski definition) is 1. The van der Waals surface area contributed by atoms with Crippen LogP contribution in [0.2, 0.25) is 0 Å². The van der Waals surface area contributed by atoms with E-state index in [0.29, 0.717) is 28.8 Å². The van der Waals surface area contributed by atoms with Gasteiger partial charge in [0.05, 0.1) is 24.5 Å². The number of nitrogens with two attached hydrogens (primary N) is 1. The molecule has 4 aromatic rings. The maximum absolute atomic E-state index is 14.3. The second-order valence-electron chi connectivity index (χ2n) is 8.91. The van der Waals surface area contributed by atoms with Crippen LogP contribution in [0.25, 0.3) is 16.6 Å². The molecule has 0 amide bonds. The first-order chi connectivity index (χ1) is 16.8. The summed E-state index contributed by atoms with van der Waals surface area (Å²) < 4.78 is 22.7. The maximum atomic E-state index is 14.3. The lowest BCUT2D eigenvalue weighted by Crippen LogP contribution is -2.18. The van der Waals surface area contributed by atoms with Gasteiger partial charge in [-0.2, -0.15) is 9.61 Å². The van der Waals surface area contributed by atoms with Crippen LogP contribution in [-0.2, 0) is 11.3 Å². The Hall–Kier alpha value is -3.76. The van der Waals surface area contributed by atoms with Crippen molar-refractivity contribution in [1.29, 1.82) is 0 Å². The fourth-order valence-corrected chi connectivity index (χ4v) is 4.07. The number of halogens is 1. The fourth-order valence-electron chi connectivity index (χ4n) is 4.07. The number of methoxy groups -OCH3 is 1. The molecule has 3 heterocycles. The number of fused-ring (bicyclic) bond motifs is 3. The van der Waals surface area contributed by atoms with Gasteiger partial charge in [-0.1, -0.05) is 6.92 Å². The number of Topliss-reactive ketones (excluding diaryl/α,β-unsaturated/α-hetero) is 1. The van der Waals surface area contributed by atoms with E-state index in [2.05, 4.69) is 32.0 Å². The lowest BCUT2D eigenvalue weighted by atomic mass is 10.1. The molecule has 0 saturated heterocycles. The van der Waals surface area contributed by atoms with E-state index < -0.39 is 5.82 Å². The Morgan fingerprint density at radius 3 is 2.83 bits per heavy atom. The molecule has 10 nitrogen and oxygen atoms in total.